The average molecular weight is 212 g/mol. The molecule has 0 bridgehead atoms. The normalized spacial score (nSPS) is 9.80. The van der Waals surface area contributed by atoms with Crippen molar-refractivity contribution in [3.05, 3.63) is 15.9 Å². The molecule has 1 aromatic rings. The van der Waals surface area contributed by atoms with E-state index < -0.39 is 4.92 Å². The number of aromatic nitrogens is 2. The van der Waals surface area contributed by atoms with Crippen LogP contribution < -0.4 is 10.1 Å². The van der Waals surface area contributed by atoms with Crippen molar-refractivity contribution in [1.29, 1.82) is 0 Å². The lowest BCUT2D eigenvalue weighted by atomic mass is 10.4. The van der Waals surface area contributed by atoms with Crippen LogP contribution in [0.2, 0.25) is 0 Å². The van der Waals surface area contributed by atoms with Gasteiger partial charge in [-0.1, -0.05) is 0 Å². The summed E-state index contributed by atoms with van der Waals surface area (Å²) in [4.78, 5) is 18.0. The molecule has 7 nitrogen and oxygen atoms in total. The van der Waals surface area contributed by atoms with Crippen LogP contribution in [0, 0.1) is 17.0 Å². The second kappa shape index (κ2) is 4.54. The Bertz CT molecular complexity index is 380. The van der Waals surface area contributed by atoms with Crippen molar-refractivity contribution in [2.24, 2.45) is 0 Å². The Hall–Kier alpha value is -1.92. The van der Waals surface area contributed by atoms with E-state index in [4.69, 9.17) is 4.74 Å². The molecule has 0 atom stereocenters. The fraction of sp³-hybridized carbons (Fsp3) is 0.500. The number of hydrogen-bond acceptors (Lipinski definition) is 6. The minimum absolute atomic E-state index is 0.000602. The summed E-state index contributed by atoms with van der Waals surface area (Å²) in [5.41, 5.74) is -0.232. The highest BCUT2D eigenvalue weighted by Gasteiger charge is 2.24. The van der Waals surface area contributed by atoms with Gasteiger partial charge in [0, 0.05) is 7.05 Å². The molecule has 0 aliphatic carbocycles. The molecule has 0 saturated carbocycles. The first kappa shape index (κ1) is 11.2. The molecule has 7 heteroatoms. The maximum Gasteiger partial charge on any atom is 0.372 e. The predicted molar refractivity (Wildman–Crippen MR) is 54.1 cm³/mol. The number of nitro groups is 1. The van der Waals surface area contributed by atoms with Gasteiger partial charge < -0.3 is 10.1 Å². The molecule has 0 fully saturated rings. The first-order valence-electron chi connectivity index (χ1n) is 4.43. The van der Waals surface area contributed by atoms with E-state index >= 15 is 0 Å². The van der Waals surface area contributed by atoms with Crippen LogP contribution in [-0.4, -0.2) is 28.5 Å². The smallest absolute Gasteiger partial charge is 0.372 e. The molecule has 0 saturated heterocycles. The van der Waals surface area contributed by atoms with E-state index in [1.54, 1.807) is 20.9 Å². The summed E-state index contributed by atoms with van der Waals surface area (Å²) < 4.78 is 5.09. The lowest BCUT2D eigenvalue weighted by Crippen LogP contribution is -2.07. The average Bonchev–Trinajstić information content (AvgIpc) is 2.16. The van der Waals surface area contributed by atoms with Gasteiger partial charge in [0.1, 0.15) is 5.82 Å². The third kappa shape index (κ3) is 2.30. The van der Waals surface area contributed by atoms with Gasteiger partial charge in [-0.25, -0.2) is 4.98 Å². The minimum atomic E-state index is -0.559. The Kier molecular flexibility index (Phi) is 3.37. The monoisotopic (exact) mass is 212 g/mol. The number of aryl methyl sites for hydroxylation is 1. The molecule has 1 aromatic heterocycles. The van der Waals surface area contributed by atoms with Gasteiger partial charge >= 0.3 is 5.69 Å². The second-order valence-corrected chi connectivity index (χ2v) is 2.71. The topological polar surface area (TPSA) is 90.2 Å². The predicted octanol–water partition coefficient (Wildman–Crippen LogP) is 1.13. The number of nitrogens with zero attached hydrogens (tertiary/aromatic N) is 3. The van der Waals surface area contributed by atoms with Gasteiger partial charge in [0.15, 0.2) is 0 Å². The van der Waals surface area contributed by atoms with Gasteiger partial charge in [-0.15, -0.1) is 0 Å². The van der Waals surface area contributed by atoms with Crippen LogP contribution in [0.25, 0.3) is 0 Å². The summed E-state index contributed by atoms with van der Waals surface area (Å²) in [5.74, 6) is 0.587. The molecule has 0 spiro atoms. The summed E-state index contributed by atoms with van der Waals surface area (Å²) in [6.07, 6.45) is 0. The molecule has 1 heterocycles. The second-order valence-electron chi connectivity index (χ2n) is 2.71. The van der Waals surface area contributed by atoms with Crippen LogP contribution in [-0.2, 0) is 0 Å². The zero-order valence-electron chi connectivity index (χ0n) is 8.77. The van der Waals surface area contributed by atoms with Crippen LogP contribution >= 0.6 is 0 Å². The minimum Gasteiger partial charge on any atom is -0.473 e. The summed E-state index contributed by atoms with van der Waals surface area (Å²) in [7, 11) is 1.56. The summed E-state index contributed by atoms with van der Waals surface area (Å²) in [6, 6.07) is 0. The molecule has 0 unspecified atom stereocenters. The van der Waals surface area contributed by atoms with Gasteiger partial charge in [-0.05, 0) is 13.8 Å². The summed E-state index contributed by atoms with van der Waals surface area (Å²) >= 11 is 0. The molecule has 0 aliphatic rings. The standard InChI is InChI=1S/C8H12N4O3/c1-4-15-8-6(12(13)14)7(9-3)10-5(2)11-8/h4H2,1-3H3,(H,9,10,11). The van der Waals surface area contributed by atoms with Crippen LogP contribution in [0.15, 0.2) is 0 Å². The van der Waals surface area contributed by atoms with Gasteiger partial charge in [0.2, 0.25) is 5.82 Å². The summed E-state index contributed by atoms with van der Waals surface area (Å²) in [5, 5.41) is 13.4. The molecule has 0 radical (unpaired) electrons. The van der Waals surface area contributed by atoms with Gasteiger partial charge in [0.05, 0.1) is 11.5 Å². The van der Waals surface area contributed by atoms with E-state index in [0.29, 0.717) is 12.4 Å². The van der Waals surface area contributed by atoms with Crippen molar-refractivity contribution in [2.45, 2.75) is 13.8 Å². The lowest BCUT2D eigenvalue weighted by Gasteiger charge is -2.07. The van der Waals surface area contributed by atoms with Gasteiger partial charge in [0.25, 0.3) is 5.88 Å². The van der Waals surface area contributed by atoms with E-state index in [1.807, 2.05) is 0 Å². The highest BCUT2D eigenvalue weighted by molar-refractivity contribution is 5.61. The van der Waals surface area contributed by atoms with Crippen molar-refractivity contribution >= 4 is 11.5 Å². The van der Waals surface area contributed by atoms with Crippen LogP contribution in [0.3, 0.4) is 0 Å². The van der Waals surface area contributed by atoms with Crippen molar-refractivity contribution in [3.8, 4) is 5.88 Å². The van der Waals surface area contributed by atoms with Crippen molar-refractivity contribution in [3.63, 3.8) is 0 Å². The molecular formula is C8H12N4O3. The first-order chi connectivity index (χ1) is 7.10. The Morgan fingerprint density at radius 2 is 2.20 bits per heavy atom. The zero-order chi connectivity index (χ0) is 11.4. The highest BCUT2D eigenvalue weighted by atomic mass is 16.6. The number of ether oxygens (including phenoxy) is 1. The molecule has 82 valence electrons. The first-order valence-corrected chi connectivity index (χ1v) is 4.43. The number of hydrogen-bond donors (Lipinski definition) is 1. The maximum atomic E-state index is 10.8. The third-order valence-electron chi connectivity index (χ3n) is 1.66. The van der Waals surface area contributed by atoms with Gasteiger partial charge in [-0.2, -0.15) is 4.98 Å². The molecule has 0 aromatic carbocycles. The quantitative estimate of drug-likeness (QED) is 0.594. The van der Waals surface area contributed by atoms with Crippen molar-refractivity contribution in [2.75, 3.05) is 19.0 Å². The fourth-order valence-electron chi connectivity index (χ4n) is 1.12. The lowest BCUT2D eigenvalue weighted by molar-refractivity contribution is -0.385. The van der Waals surface area contributed by atoms with E-state index in [9.17, 15) is 10.1 Å². The molecule has 1 N–H and O–H groups in total. The van der Waals surface area contributed by atoms with Crippen LogP contribution in [0.1, 0.15) is 12.7 Å². The van der Waals surface area contributed by atoms with E-state index in [1.165, 1.54) is 0 Å². The molecule has 15 heavy (non-hydrogen) atoms. The fourth-order valence-corrected chi connectivity index (χ4v) is 1.12. The SMILES string of the molecule is CCOc1nc(C)nc(NC)c1[N+](=O)[O-]. The van der Waals surface area contributed by atoms with Crippen LogP contribution in [0.4, 0.5) is 11.5 Å². The van der Waals surface area contributed by atoms with Gasteiger partial charge in [-0.3, -0.25) is 10.1 Å². The number of nitrogens with one attached hydrogen (secondary N) is 1. The Morgan fingerprint density at radius 3 is 2.67 bits per heavy atom. The largest absolute Gasteiger partial charge is 0.473 e. The van der Waals surface area contributed by atoms with E-state index in [0.717, 1.165) is 0 Å². The number of anilines is 1. The highest BCUT2D eigenvalue weighted by Crippen LogP contribution is 2.31. The van der Waals surface area contributed by atoms with Crippen molar-refractivity contribution < 1.29 is 9.66 Å². The molecule has 0 aliphatic heterocycles. The van der Waals surface area contributed by atoms with Crippen molar-refractivity contribution in [1.82, 2.24) is 9.97 Å². The Balaban J connectivity index is 3.33. The molecular weight excluding hydrogens is 200 g/mol. The maximum absolute atomic E-state index is 10.8. The summed E-state index contributed by atoms with van der Waals surface area (Å²) in [6.45, 7) is 3.70. The Labute approximate surface area is 86.6 Å². The molecule has 0 amide bonds. The van der Waals surface area contributed by atoms with Crippen LogP contribution in [0.5, 0.6) is 5.88 Å². The van der Waals surface area contributed by atoms with E-state index in [-0.39, 0.29) is 17.4 Å². The van der Waals surface area contributed by atoms with E-state index in [2.05, 4.69) is 15.3 Å². The Morgan fingerprint density at radius 1 is 1.53 bits per heavy atom. The number of rotatable bonds is 4. The zero-order valence-corrected chi connectivity index (χ0v) is 8.77. The third-order valence-corrected chi connectivity index (χ3v) is 1.66. The molecule has 1 rings (SSSR count).